The summed E-state index contributed by atoms with van der Waals surface area (Å²) in [7, 11) is 1.46. The average molecular weight is 285 g/mol. The molecule has 1 amide bonds. The number of nitrogens with zero attached hydrogens (tertiary/aromatic N) is 1. The number of hydrogen-bond acceptors (Lipinski definition) is 3. The minimum absolute atomic E-state index is 0.176. The third kappa shape index (κ3) is 2.99. The number of amides is 1. The second-order valence-corrected chi connectivity index (χ2v) is 5.06. The molecule has 1 N–H and O–H groups in total. The van der Waals surface area contributed by atoms with Crippen molar-refractivity contribution in [3.8, 4) is 12.3 Å². The number of aliphatic hydroxyl groups excluding tert-OH is 1. The molecule has 0 radical (unpaired) electrons. The van der Waals surface area contributed by atoms with Crippen LogP contribution >= 0.6 is 0 Å². The van der Waals surface area contributed by atoms with Crippen LogP contribution in [-0.4, -0.2) is 47.8 Å². The van der Waals surface area contributed by atoms with E-state index in [1.165, 1.54) is 12.0 Å². The van der Waals surface area contributed by atoms with Gasteiger partial charge in [-0.2, -0.15) is 0 Å². The maximum Gasteiger partial charge on any atom is 0.255 e. The van der Waals surface area contributed by atoms with E-state index in [2.05, 4.69) is 12.5 Å². The Morgan fingerprint density at radius 3 is 2.76 bits per heavy atom. The van der Waals surface area contributed by atoms with Gasteiger partial charge in [0.05, 0.1) is 18.7 Å². The highest BCUT2D eigenvalue weighted by Crippen LogP contribution is 2.29. The fourth-order valence-electron chi connectivity index (χ4n) is 2.63. The molecule has 110 valence electrons. The number of terminal acetylenes is 1. The van der Waals surface area contributed by atoms with Gasteiger partial charge in [-0.05, 0) is 11.1 Å². The van der Waals surface area contributed by atoms with Gasteiger partial charge < -0.3 is 14.7 Å². The van der Waals surface area contributed by atoms with Crippen LogP contribution in [0.1, 0.15) is 12.0 Å². The number of carbonyl (C=O) groups is 1. The van der Waals surface area contributed by atoms with Gasteiger partial charge in [-0.15, -0.1) is 6.42 Å². The Kier molecular flexibility index (Phi) is 4.79. The lowest BCUT2D eigenvalue weighted by atomic mass is 9.88. The van der Waals surface area contributed by atoms with Gasteiger partial charge in [0, 0.05) is 13.5 Å². The zero-order valence-electron chi connectivity index (χ0n) is 12.0. The first-order chi connectivity index (χ1) is 10.1. The molecule has 0 bridgehead atoms. The van der Waals surface area contributed by atoms with Gasteiger partial charge in [-0.3, -0.25) is 4.79 Å². The first-order valence-electron chi connectivity index (χ1n) is 6.78. The number of methoxy groups -OCH3 is 1. The number of carbonyl (C=O) groups excluding carboxylic acids is 1. The Labute approximate surface area is 125 Å². The molecule has 1 aromatic carbocycles. The molecular weight excluding hydrogens is 266 g/mol. The molecule has 1 aliphatic heterocycles. The fourth-order valence-corrected chi connectivity index (χ4v) is 2.63. The van der Waals surface area contributed by atoms with Crippen molar-refractivity contribution in [1.29, 1.82) is 0 Å². The number of likely N-dealkylation sites (tertiary alicyclic amines) is 1. The van der Waals surface area contributed by atoms with Crippen LogP contribution in [0.25, 0.3) is 5.57 Å². The monoisotopic (exact) mass is 285 g/mol. The summed E-state index contributed by atoms with van der Waals surface area (Å²) in [5.41, 5.74) is 1.79. The standard InChI is InChI=1S/C17H19NO3/c1-4-10-18-15(16(21-3)17(18)20)14(19)11-12(2)13-8-6-5-7-9-13/h1,5-9,14-16,19H,2,10-11H2,3H3/t14-,15+,16-/m1/s1. The van der Waals surface area contributed by atoms with Crippen molar-refractivity contribution in [1.82, 2.24) is 4.90 Å². The van der Waals surface area contributed by atoms with Crippen LogP contribution in [0.15, 0.2) is 36.9 Å². The van der Waals surface area contributed by atoms with Crippen molar-refractivity contribution in [2.75, 3.05) is 13.7 Å². The van der Waals surface area contributed by atoms with Gasteiger partial charge in [0.1, 0.15) is 0 Å². The highest BCUT2D eigenvalue weighted by Gasteiger charge is 2.50. The molecule has 4 nitrogen and oxygen atoms in total. The molecule has 1 saturated heterocycles. The first-order valence-corrected chi connectivity index (χ1v) is 6.78. The molecule has 21 heavy (non-hydrogen) atoms. The van der Waals surface area contributed by atoms with E-state index in [9.17, 15) is 9.90 Å². The molecule has 1 heterocycles. The molecule has 0 aromatic heterocycles. The van der Waals surface area contributed by atoms with E-state index in [1.54, 1.807) is 0 Å². The van der Waals surface area contributed by atoms with Crippen LogP contribution in [0.4, 0.5) is 0 Å². The van der Waals surface area contributed by atoms with Crippen molar-refractivity contribution in [3.05, 3.63) is 42.5 Å². The molecule has 1 aromatic rings. The van der Waals surface area contributed by atoms with Crippen LogP contribution in [0.5, 0.6) is 0 Å². The second kappa shape index (κ2) is 6.57. The number of benzene rings is 1. The summed E-state index contributed by atoms with van der Waals surface area (Å²) in [6, 6.07) is 9.22. The van der Waals surface area contributed by atoms with Crippen LogP contribution < -0.4 is 0 Å². The van der Waals surface area contributed by atoms with Crippen LogP contribution in [0.2, 0.25) is 0 Å². The lowest BCUT2D eigenvalue weighted by molar-refractivity contribution is -0.178. The molecule has 0 unspecified atom stereocenters. The van der Waals surface area contributed by atoms with E-state index in [0.717, 1.165) is 11.1 Å². The predicted octanol–water partition coefficient (Wildman–Crippen LogP) is 1.31. The van der Waals surface area contributed by atoms with Gasteiger partial charge in [0.25, 0.3) is 5.91 Å². The number of aliphatic hydroxyl groups is 1. The Balaban J connectivity index is 2.05. The van der Waals surface area contributed by atoms with E-state index in [-0.39, 0.29) is 12.5 Å². The van der Waals surface area contributed by atoms with E-state index in [1.807, 2.05) is 30.3 Å². The van der Waals surface area contributed by atoms with Crippen molar-refractivity contribution in [2.24, 2.45) is 0 Å². The molecule has 0 aliphatic carbocycles. The zero-order valence-corrected chi connectivity index (χ0v) is 12.0. The Morgan fingerprint density at radius 2 is 2.19 bits per heavy atom. The van der Waals surface area contributed by atoms with E-state index >= 15 is 0 Å². The topological polar surface area (TPSA) is 49.8 Å². The van der Waals surface area contributed by atoms with Crippen molar-refractivity contribution in [2.45, 2.75) is 24.7 Å². The zero-order chi connectivity index (χ0) is 15.4. The average Bonchev–Trinajstić information content (AvgIpc) is 2.50. The first kappa shape index (κ1) is 15.3. The van der Waals surface area contributed by atoms with Gasteiger partial charge >= 0.3 is 0 Å². The summed E-state index contributed by atoms with van der Waals surface area (Å²) in [4.78, 5) is 13.3. The molecule has 0 spiro atoms. The molecule has 2 rings (SSSR count). The van der Waals surface area contributed by atoms with Crippen molar-refractivity contribution < 1.29 is 14.6 Å². The minimum Gasteiger partial charge on any atom is -0.391 e. The molecule has 1 fully saturated rings. The van der Waals surface area contributed by atoms with Crippen molar-refractivity contribution in [3.63, 3.8) is 0 Å². The number of rotatable bonds is 6. The molecular formula is C17H19NO3. The third-order valence-electron chi connectivity index (χ3n) is 3.74. The predicted molar refractivity (Wildman–Crippen MR) is 81.2 cm³/mol. The molecule has 4 heteroatoms. The summed E-state index contributed by atoms with van der Waals surface area (Å²) in [6.45, 7) is 4.18. The Hall–Kier alpha value is -2.09. The highest BCUT2D eigenvalue weighted by atomic mass is 16.5. The quantitative estimate of drug-likeness (QED) is 0.633. The van der Waals surface area contributed by atoms with Crippen LogP contribution in [-0.2, 0) is 9.53 Å². The molecule has 0 saturated carbocycles. The summed E-state index contributed by atoms with van der Waals surface area (Å²) >= 11 is 0. The Bertz CT molecular complexity index is 561. The lowest BCUT2D eigenvalue weighted by Crippen LogP contribution is -2.69. The summed E-state index contributed by atoms with van der Waals surface area (Å²) in [6.07, 6.45) is 4.24. The third-order valence-corrected chi connectivity index (χ3v) is 3.74. The maximum atomic E-state index is 11.8. The number of hydrogen-bond donors (Lipinski definition) is 1. The Morgan fingerprint density at radius 1 is 1.52 bits per heavy atom. The summed E-state index contributed by atoms with van der Waals surface area (Å²) in [5.74, 6) is 2.25. The highest BCUT2D eigenvalue weighted by molar-refractivity contribution is 5.89. The SMILES string of the molecule is C#CCN1C(=O)[C@H](OC)[C@@H]1[C@H](O)CC(=C)c1ccccc1. The number of ether oxygens (including phenoxy) is 1. The molecule has 3 atom stereocenters. The van der Waals surface area contributed by atoms with Crippen LogP contribution in [0.3, 0.4) is 0 Å². The second-order valence-electron chi connectivity index (χ2n) is 5.06. The van der Waals surface area contributed by atoms with Gasteiger partial charge in [-0.25, -0.2) is 0 Å². The van der Waals surface area contributed by atoms with E-state index in [4.69, 9.17) is 11.2 Å². The van der Waals surface area contributed by atoms with E-state index < -0.39 is 18.2 Å². The summed E-state index contributed by atoms with van der Waals surface area (Å²) < 4.78 is 5.15. The fraction of sp³-hybridized carbons (Fsp3) is 0.353. The minimum atomic E-state index is -0.756. The van der Waals surface area contributed by atoms with Gasteiger partial charge in [0.2, 0.25) is 0 Å². The van der Waals surface area contributed by atoms with Crippen LogP contribution in [0, 0.1) is 12.3 Å². The summed E-state index contributed by atoms with van der Waals surface area (Å²) in [5, 5.41) is 10.4. The maximum absolute atomic E-state index is 11.8. The molecule has 1 aliphatic rings. The van der Waals surface area contributed by atoms with E-state index in [0.29, 0.717) is 6.42 Å². The normalized spacial score (nSPS) is 22.3. The smallest absolute Gasteiger partial charge is 0.255 e. The van der Waals surface area contributed by atoms with Gasteiger partial charge in [0.15, 0.2) is 6.10 Å². The largest absolute Gasteiger partial charge is 0.391 e. The van der Waals surface area contributed by atoms with Crippen molar-refractivity contribution >= 4 is 11.5 Å². The number of β-lactam (4-membered cyclic amide) rings is 1. The van der Waals surface area contributed by atoms with Gasteiger partial charge in [-0.1, -0.05) is 42.8 Å². The lowest BCUT2D eigenvalue weighted by Gasteiger charge is -2.47.